The van der Waals surface area contributed by atoms with Crippen molar-refractivity contribution in [3.63, 3.8) is 0 Å². The molecule has 0 saturated heterocycles. The Bertz CT molecular complexity index is 746. The molecule has 1 aromatic carbocycles. The Kier molecular flexibility index (Phi) is 5.52. The van der Waals surface area contributed by atoms with E-state index in [0.29, 0.717) is 18.8 Å². The molecule has 0 radical (unpaired) electrons. The number of thiophene rings is 1. The number of benzene rings is 1. The Morgan fingerprint density at radius 2 is 2.12 bits per heavy atom. The van der Waals surface area contributed by atoms with Gasteiger partial charge in [-0.05, 0) is 41.6 Å². The highest BCUT2D eigenvalue weighted by Gasteiger charge is 2.22. The Labute approximate surface area is 152 Å². The number of carbonyl (C=O) groups excluding carboxylic acids is 2. The number of hydrogen-bond acceptors (Lipinski definition) is 5. The maximum Gasteiger partial charge on any atom is 0.344 e. The largest absolute Gasteiger partial charge is 0.482 e. The van der Waals surface area contributed by atoms with E-state index in [1.807, 2.05) is 23.6 Å². The Balaban J connectivity index is 1.42. The van der Waals surface area contributed by atoms with Crippen molar-refractivity contribution in [3.8, 4) is 5.75 Å². The van der Waals surface area contributed by atoms with Gasteiger partial charge in [0, 0.05) is 22.4 Å². The van der Waals surface area contributed by atoms with Crippen molar-refractivity contribution < 1.29 is 19.1 Å². The third-order valence-electron chi connectivity index (χ3n) is 3.67. The summed E-state index contributed by atoms with van der Waals surface area (Å²) in [5, 5.41) is 2.04. The molecule has 5 nitrogen and oxygen atoms in total. The summed E-state index contributed by atoms with van der Waals surface area (Å²) in [6.45, 7) is 0.779. The van der Waals surface area contributed by atoms with Crippen LogP contribution < -0.4 is 4.74 Å². The zero-order chi connectivity index (χ0) is 16.9. The molecule has 1 aliphatic heterocycles. The molecule has 3 rings (SSSR count). The molecule has 126 valence electrons. The molecule has 24 heavy (non-hydrogen) atoms. The van der Waals surface area contributed by atoms with E-state index in [-0.39, 0.29) is 19.1 Å². The molecule has 0 spiro atoms. The number of amides is 1. The standard InChI is InChI=1S/C17H16BrNO4S/c18-13-2-1-3-14(8-13)22-11-17(21)23-10-16(20)19-6-4-15-12(9-19)5-7-24-15/h1-3,5,7-8H,4,6,9-11H2. The lowest BCUT2D eigenvalue weighted by Crippen LogP contribution is -2.38. The molecule has 0 unspecified atom stereocenters. The van der Waals surface area contributed by atoms with E-state index in [1.165, 1.54) is 10.4 Å². The zero-order valence-electron chi connectivity index (χ0n) is 12.9. The fraction of sp³-hybridized carbons (Fsp3) is 0.294. The average molecular weight is 410 g/mol. The highest BCUT2D eigenvalue weighted by molar-refractivity contribution is 9.10. The third-order valence-corrected chi connectivity index (χ3v) is 5.19. The van der Waals surface area contributed by atoms with Gasteiger partial charge in [-0.3, -0.25) is 4.79 Å². The van der Waals surface area contributed by atoms with Gasteiger partial charge >= 0.3 is 5.97 Å². The summed E-state index contributed by atoms with van der Waals surface area (Å²) in [6.07, 6.45) is 0.860. The van der Waals surface area contributed by atoms with Crippen molar-refractivity contribution in [2.75, 3.05) is 19.8 Å². The van der Waals surface area contributed by atoms with Crippen LogP contribution in [0.25, 0.3) is 0 Å². The van der Waals surface area contributed by atoms with Gasteiger partial charge in [-0.25, -0.2) is 4.79 Å². The van der Waals surface area contributed by atoms with Crippen LogP contribution in [-0.2, 0) is 27.3 Å². The first-order valence-corrected chi connectivity index (χ1v) is 9.16. The summed E-state index contributed by atoms with van der Waals surface area (Å²) in [6, 6.07) is 9.21. The first kappa shape index (κ1) is 17.0. The minimum atomic E-state index is -0.559. The average Bonchev–Trinajstić information content (AvgIpc) is 3.05. The van der Waals surface area contributed by atoms with E-state index in [1.54, 1.807) is 28.4 Å². The van der Waals surface area contributed by atoms with Gasteiger partial charge in [0.2, 0.25) is 0 Å². The van der Waals surface area contributed by atoms with E-state index < -0.39 is 5.97 Å². The van der Waals surface area contributed by atoms with Gasteiger partial charge < -0.3 is 14.4 Å². The number of hydrogen-bond donors (Lipinski definition) is 0. The Hall–Kier alpha value is -1.86. The topological polar surface area (TPSA) is 55.8 Å². The van der Waals surface area contributed by atoms with Gasteiger partial charge in [0.1, 0.15) is 5.75 Å². The molecular weight excluding hydrogens is 394 g/mol. The maximum absolute atomic E-state index is 12.2. The van der Waals surface area contributed by atoms with E-state index in [4.69, 9.17) is 9.47 Å². The highest BCUT2D eigenvalue weighted by atomic mass is 79.9. The van der Waals surface area contributed by atoms with Gasteiger partial charge in [0.05, 0.1) is 0 Å². The van der Waals surface area contributed by atoms with Crippen molar-refractivity contribution in [1.82, 2.24) is 4.90 Å². The van der Waals surface area contributed by atoms with Crippen LogP contribution in [0.15, 0.2) is 40.2 Å². The second-order valence-electron chi connectivity index (χ2n) is 5.34. The molecule has 0 atom stereocenters. The van der Waals surface area contributed by atoms with Gasteiger partial charge in [-0.1, -0.05) is 22.0 Å². The van der Waals surface area contributed by atoms with Gasteiger partial charge in [-0.15, -0.1) is 11.3 Å². The van der Waals surface area contributed by atoms with Crippen molar-refractivity contribution >= 4 is 39.1 Å². The number of ether oxygens (including phenoxy) is 2. The maximum atomic E-state index is 12.2. The van der Waals surface area contributed by atoms with E-state index in [0.717, 1.165) is 10.9 Å². The summed E-state index contributed by atoms with van der Waals surface area (Å²) >= 11 is 5.05. The summed E-state index contributed by atoms with van der Waals surface area (Å²) in [5.74, 6) is -0.173. The Morgan fingerprint density at radius 1 is 1.25 bits per heavy atom. The predicted octanol–water partition coefficient (Wildman–Crippen LogP) is 3.02. The van der Waals surface area contributed by atoms with Crippen LogP contribution in [0.2, 0.25) is 0 Å². The van der Waals surface area contributed by atoms with Crippen LogP contribution in [0.1, 0.15) is 10.4 Å². The summed E-state index contributed by atoms with van der Waals surface area (Å²) in [4.78, 5) is 26.9. The smallest absolute Gasteiger partial charge is 0.344 e. The fourth-order valence-electron chi connectivity index (χ4n) is 2.44. The number of rotatable bonds is 5. The monoisotopic (exact) mass is 409 g/mol. The number of nitrogens with zero attached hydrogens (tertiary/aromatic N) is 1. The fourth-order valence-corrected chi connectivity index (χ4v) is 3.70. The SMILES string of the molecule is O=C(COc1cccc(Br)c1)OCC(=O)N1CCc2sccc2C1. The zero-order valence-corrected chi connectivity index (χ0v) is 15.3. The predicted molar refractivity (Wildman–Crippen MR) is 94.0 cm³/mol. The van der Waals surface area contributed by atoms with E-state index in [2.05, 4.69) is 15.9 Å². The molecule has 0 fully saturated rings. The minimum Gasteiger partial charge on any atom is -0.482 e. The lowest BCUT2D eigenvalue weighted by molar-refractivity contribution is -0.154. The van der Waals surface area contributed by atoms with Crippen LogP contribution in [-0.4, -0.2) is 36.5 Å². The quantitative estimate of drug-likeness (QED) is 0.712. The molecule has 1 aromatic heterocycles. The van der Waals surface area contributed by atoms with Crippen LogP contribution >= 0.6 is 27.3 Å². The first-order chi connectivity index (χ1) is 11.6. The number of fused-ring (bicyclic) bond motifs is 1. The normalized spacial score (nSPS) is 13.3. The van der Waals surface area contributed by atoms with E-state index in [9.17, 15) is 9.59 Å². The first-order valence-electron chi connectivity index (χ1n) is 7.49. The van der Waals surface area contributed by atoms with Crippen molar-refractivity contribution in [2.24, 2.45) is 0 Å². The van der Waals surface area contributed by atoms with Crippen molar-refractivity contribution in [1.29, 1.82) is 0 Å². The van der Waals surface area contributed by atoms with Gasteiger partial charge in [0.15, 0.2) is 13.2 Å². The van der Waals surface area contributed by atoms with Crippen LogP contribution in [0.3, 0.4) is 0 Å². The third kappa shape index (κ3) is 4.36. The second-order valence-corrected chi connectivity index (χ2v) is 7.26. The van der Waals surface area contributed by atoms with E-state index >= 15 is 0 Å². The molecular formula is C17H16BrNO4S. The molecule has 0 aliphatic carbocycles. The second kappa shape index (κ2) is 7.81. The number of esters is 1. The highest BCUT2D eigenvalue weighted by Crippen LogP contribution is 2.24. The Morgan fingerprint density at radius 3 is 2.96 bits per heavy atom. The molecule has 1 amide bonds. The molecule has 0 N–H and O–H groups in total. The molecule has 0 saturated carbocycles. The molecule has 2 heterocycles. The lowest BCUT2D eigenvalue weighted by Gasteiger charge is -2.26. The van der Waals surface area contributed by atoms with Gasteiger partial charge in [0.25, 0.3) is 5.91 Å². The van der Waals surface area contributed by atoms with Crippen LogP contribution in [0, 0.1) is 0 Å². The van der Waals surface area contributed by atoms with Crippen LogP contribution in [0.4, 0.5) is 0 Å². The minimum absolute atomic E-state index is 0.178. The molecule has 7 heteroatoms. The van der Waals surface area contributed by atoms with Crippen LogP contribution in [0.5, 0.6) is 5.75 Å². The summed E-state index contributed by atoms with van der Waals surface area (Å²) in [7, 11) is 0. The van der Waals surface area contributed by atoms with Crippen molar-refractivity contribution in [2.45, 2.75) is 13.0 Å². The number of halogens is 1. The lowest BCUT2D eigenvalue weighted by atomic mass is 10.1. The van der Waals surface area contributed by atoms with Crippen molar-refractivity contribution in [3.05, 3.63) is 50.6 Å². The summed E-state index contributed by atoms with van der Waals surface area (Å²) in [5.41, 5.74) is 1.18. The molecule has 2 aromatic rings. The number of carbonyl (C=O) groups is 2. The summed E-state index contributed by atoms with van der Waals surface area (Å²) < 4.78 is 11.2. The molecule has 1 aliphatic rings. The van der Waals surface area contributed by atoms with Gasteiger partial charge in [-0.2, -0.15) is 0 Å². The molecule has 0 bridgehead atoms.